The predicted octanol–water partition coefficient (Wildman–Crippen LogP) is 1.88. The highest BCUT2D eigenvalue weighted by molar-refractivity contribution is 5.69. The number of likely N-dealkylation sites (tertiary alicyclic amines) is 1. The molecule has 0 spiro atoms. The van der Waals surface area contributed by atoms with E-state index in [2.05, 4.69) is 5.92 Å². The van der Waals surface area contributed by atoms with Crippen molar-refractivity contribution in [2.24, 2.45) is 11.3 Å². The first-order valence-electron chi connectivity index (χ1n) is 5.32. The van der Waals surface area contributed by atoms with Crippen LogP contribution in [0.4, 0.5) is 4.79 Å². The number of ether oxygens (including phenoxy) is 1. The van der Waals surface area contributed by atoms with E-state index >= 15 is 0 Å². The van der Waals surface area contributed by atoms with Gasteiger partial charge in [0.05, 0.1) is 5.41 Å². The van der Waals surface area contributed by atoms with Gasteiger partial charge in [-0.15, -0.1) is 6.42 Å². The predicted molar refractivity (Wildman–Crippen MR) is 57.2 cm³/mol. The van der Waals surface area contributed by atoms with Crippen LogP contribution in [0.5, 0.6) is 0 Å². The van der Waals surface area contributed by atoms with Crippen LogP contribution in [0.25, 0.3) is 0 Å². The number of hydrogen-bond acceptors (Lipinski definition) is 2. The van der Waals surface area contributed by atoms with Crippen LogP contribution in [0.1, 0.15) is 27.2 Å². The van der Waals surface area contributed by atoms with E-state index in [1.165, 1.54) is 0 Å². The first-order chi connectivity index (χ1) is 6.86. The number of hydrogen-bond donors (Lipinski definition) is 0. The summed E-state index contributed by atoms with van der Waals surface area (Å²) < 4.78 is 5.30. The second kappa shape index (κ2) is 2.91. The molecule has 1 saturated carbocycles. The standard InChI is InChI=1S/C12H17NO2/c1-5-12-6-9(12)7-13(8-12)10(14)15-11(2,3)4/h1,9H,6-8H2,2-4H3/t9-,12-/m1/s1. The van der Waals surface area contributed by atoms with Crippen molar-refractivity contribution in [2.45, 2.75) is 32.8 Å². The van der Waals surface area contributed by atoms with E-state index in [9.17, 15) is 4.79 Å². The fourth-order valence-electron chi connectivity index (χ4n) is 2.17. The molecule has 1 amide bonds. The minimum atomic E-state index is -0.423. The third-order valence-corrected chi connectivity index (χ3v) is 3.08. The quantitative estimate of drug-likeness (QED) is 0.567. The van der Waals surface area contributed by atoms with Gasteiger partial charge >= 0.3 is 6.09 Å². The molecule has 0 aromatic carbocycles. The first-order valence-corrected chi connectivity index (χ1v) is 5.32. The van der Waals surface area contributed by atoms with Gasteiger partial charge in [-0.05, 0) is 33.1 Å². The summed E-state index contributed by atoms with van der Waals surface area (Å²) in [5.74, 6) is 3.32. The number of carbonyl (C=O) groups excluding carboxylic acids is 1. The number of rotatable bonds is 0. The van der Waals surface area contributed by atoms with Crippen LogP contribution < -0.4 is 0 Å². The van der Waals surface area contributed by atoms with Gasteiger partial charge in [0.15, 0.2) is 0 Å². The van der Waals surface area contributed by atoms with Crippen LogP contribution in [0, 0.1) is 23.7 Å². The van der Waals surface area contributed by atoms with E-state index in [1.54, 1.807) is 4.90 Å². The van der Waals surface area contributed by atoms with Gasteiger partial charge in [-0.3, -0.25) is 0 Å². The highest BCUT2D eigenvalue weighted by Crippen LogP contribution is 2.57. The number of nitrogens with zero attached hydrogens (tertiary/aromatic N) is 1. The number of fused-ring (bicyclic) bond motifs is 1. The lowest BCUT2D eigenvalue weighted by molar-refractivity contribution is 0.0268. The molecule has 0 aromatic heterocycles. The Morgan fingerprint density at radius 1 is 1.60 bits per heavy atom. The molecule has 1 saturated heterocycles. The van der Waals surface area contributed by atoms with Gasteiger partial charge in [-0.1, -0.05) is 5.92 Å². The molecule has 2 fully saturated rings. The molecule has 1 heterocycles. The van der Waals surface area contributed by atoms with Gasteiger partial charge in [0.2, 0.25) is 0 Å². The Morgan fingerprint density at radius 2 is 2.27 bits per heavy atom. The topological polar surface area (TPSA) is 29.5 Å². The van der Waals surface area contributed by atoms with Crippen LogP contribution in [0.2, 0.25) is 0 Å². The van der Waals surface area contributed by atoms with Crippen LogP contribution >= 0.6 is 0 Å². The van der Waals surface area contributed by atoms with E-state index in [1.807, 2.05) is 20.8 Å². The zero-order valence-electron chi connectivity index (χ0n) is 9.54. The summed E-state index contributed by atoms with van der Waals surface area (Å²) >= 11 is 0. The van der Waals surface area contributed by atoms with E-state index in [-0.39, 0.29) is 11.5 Å². The SMILES string of the molecule is C#C[C@]12C[C@@H]1CN(C(=O)OC(C)(C)C)C2. The Labute approximate surface area is 90.8 Å². The van der Waals surface area contributed by atoms with Crippen LogP contribution in [0.15, 0.2) is 0 Å². The third kappa shape index (κ3) is 1.81. The lowest BCUT2D eigenvalue weighted by atomic mass is 10.1. The highest BCUT2D eigenvalue weighted by Gasteiger charge is 2.60. The number of carbonyl (C=O) groups is 1. The van der Waals surface area contributed by atoms with Crippen molar-refractivity contribution in [2.75, 3.05) is 13.1 Å². The molecule has 1 aliphatic carbocycles. The lowest BCUT2D eigenvalue weighted by Gasteiger charge is -2.25. The molecule has 3 heteroatoms. The van der Waals surface area contributed by atoms with Crippen molar-refractivity contribution in [3.63, 3.8) is 0 Å². The van der Waals surface area contributed by atoms with E-state index < -0.39 is 5.60 Å². The summed E-state index contributed by atoms with van der Waals surface area (Å²) in [6.45, 7) is 7.05. The maximum Gasteiger partial charge on any atom is 0.410 e. The van der Waals surface area contributed by atoms with Crippen molar-refractivity contribution in [1.82, 2.24) is 4.90 Å². The lowest BCUT2D eigenvalue weighted by Crippen LogP contribution is -2.37. The fourth-order valence-corrected chi connectivity index (χ4v) is 2.17. The number of amides is 1. The smallest absolute Gasteiger partial charge is 0.410 e. The summed E-state index contributed by atoms with van der Waals surface area (Å²) in [5, 5.41) is 0. The van der Waals surface area contributed by atoms with Gasteiger partial charge in [0.1, 0.15) is 5.60 Å². The minimum Gasteiger partial charge on any atom is -0.444 e. The molecule has 2 aliphatic rings. The van der Waals surface area contributed by atoms with Gasteiger partial charge < -0.3 is 9.64 Å². The average molecular weight is 207 g/mol. The molecule has 2 rings (SSSR count). The van der Waals surface area contributed by atoms with Crippen LogP contribution in [-0.4, -0.2) is 29.7 Å². The van der Waals surface area contributed by atoms with Gasteiger partial charge in [0.25, 0.3) is 0 Å². The molecular formula is C12H17NO2. The van der Waals surface area contributed by atoms with Crippen LogP contribution in [0.3, 0.4) is 0 Å². The zero-order chi connectivity index (χ0) is 11.3. The molecule has 3 nitrogen and oxygen atoms in total. The fraction of sp³-hybridized carbons (Fsp3) is 0.750. The van der Waals surface area contributed by atoms with Crippen molar-refractivity contribution < 1.29 is 9.53 Å². The van der Waals surface area contributed by atoms with Gasteiger partial charge in [-0.2, -0.15) is 0 Å². The van der Waals surface area contributed by atoms with Crippen molar-refractivity contribution in [3.8, 4) is 12.3 Å². The second-order valence-corrected chi connectivity index (χ2v) is 5.56. The first kappa shape index (κ1) is 10.4. The maximum atomic E-state index is 11.7. The minimum absolute atomic E-state index is 0.0170. The highest BCUT2D eigenvalue weighted by atomic mass is 16.6. The van der Waals surface area contributed by atoms with E-state index in [0.717, 1.165) is 13.0 Å². The Bertz CT molecular complexity index is 337. The Kier molecular flexibility index (Phi) is 2.01. The number of terminal acetylenes is 1. The molecule has 0 aromatic rings. The summed E-state index contributed by atoms with van der Waals surface area (Å²) in [6, 6.07) is 0. The number of piperidine rings is 1. The molecule has 0 unspecified atom stereocenters. The third-order valence-electron chi connectivity index (χ3n) is 3.08. The average Bonchev–Trinajstić information content (AvgIpc) is 2.66. The monoisotopic (exact) mass is 207 g/mol. The summed E-state index contributed by atoms with van der Waals surface area (Å²) in [6.07, 6.45) is 6.31. The van der Waals surface area contributed by atoms with E-state index in [0.29, 0.717) is 12.5 Å². The zero-order valence-corrected chi connectivity index (χ0v) is 9.54. The summed E-state index contributed by atoms with van der Waals surface area (Å²) in [4.78, 5) is 13.5. The Hall–Kier alpha value is -1.17. The molecule has 15 heavy (non-hydrogen) atoms. The second-order valence-electron chi connectivity index (χ2n) is 5.56. The normalized spacial score (nSPS) is 33.2. The van der Waals surface area contributed by atoms with Crippen molar-refractivity contribution in [3.05, 3.63) is 0 Å². The van der Waals surface area contributed by atoms with Gasteiger partial charge in [0, 0.05) is 13.1 Å². The Morgan fingerprint density at radius 3 is 2.73 bits per heavy atom. The summed E-state index contributed by atoms with van der Waals surface area (Å²) in [7, 11) is 0. The largest absolute Gasteiger partial charge is 0.444 e. The van der Waals surface area contributed by atoms with Gasteiger partial charge in [-0.25, -0.2) is 4.79 Å². The van der Waals surface area contributed by atoms with Crippen molar-refractivity contribution in [1.29, 1.82) is 0 Å². The summed E-state index contributed by atoms with van der Waals surface area (Å²) in [5.41, 5.74) is -0.440. The molecule has 0 N–H and O–H groups in total. The molecule has 1 aliphatic heterocycles. The molecule has 0 radical (unpaired) electrons. The molecule has 2 atom stereocenters. The maximum absolute atomic E-state index is 11.7. The van der Waals surface area contributed by atoms with Crippen molar-refractivity contribution >= 4 is 6.09 Å². The Balaban J connectivity index is 1.93. The molecule has 82 valence electrons. The van der Waals surface area contributed by atoms with E-state index in [4.69, 9.17) is 11.2 Å². The molecule has 0 bridgehead atoms. The van der Waals surface area contributed by atoms with Crippen LogP contribution in [-0.2, 0) is 4.74 Å². The molecular weight excluding hydrogens is 190 g/mol.